The van der Waals surface area contributed by atoms with E-state index in [9.17, 15) is 25.2 Å². The molecule has 8 heteroatoms. The molecule has 0 spiro atoms. The van der Waals surface area contributed by atoms with E-state index in [0.717, 1.165) is 0 Å². The molecule has 1 aromatic carbocycles. The topological polar surface area (TPSA) is 14.0 Å². The second-order valence-electron chi connectivity index (χ2n) is 3.30. The van der Waals surface area contributed by atoms with Crippen LogP contribution < -0.4 is 4.99 Å². The van der Waals surface area contributed by atoms with E-state index in [0.29, 0.717) is 0 Å². The Hall–Kier alpha value is -1.10. The van der Waals surface area contributed by atoms with Crippen molar-refractivity contribution in [3.63, 3.8) is 0 Å². The molecule has 0 unspecified atom stereocenters. The summed E-state index contributed by atoms with van der Waals surface area (Å²) in [6.07, 6.45) is 1.97. The van der Waals surface area contributed by atoms with Crippen molar-refractivity contribution < 1.29 is 30.2 Å². The zero-order chi connectivity index (χ0) is 13.8. The SMILES string of the molecule is C[NH+]=Cc1ccc(C)cc1.F[P-](F)(F)(F)(F)F. The fourth-order valence-electron chi connectivity index (χ4n) is 0.829. The third kappa shape index (κ3) is 17.5. The zero-order valence-corrected chi connectivity index (χ0v) is 10.00. The molecule has 100 valence electrons. The van der Waals surface area contributed by atoms with E-state index in [4.69, 9.17) is 0 Å². The van der Waals surface area contributed by atoms with Crippen LogP contribution in [0.25, 0.3) is 0 Å². The minimum atomic E-state index is -10.7. The molecule has 0 saturated carbocycles. The summed E-state index contributed by atoms with van der Waals surface area (Å²) in [5.74, 6) is 0. The van der Waals surface area contributed by atoms with Crippen molar-refractivity contribution in [2.45, 2.75) is 6.92 Å². The average Bonchev–Trinajstić information content (AvgIpc) is 2.04. The van der Waals surface area contributed by atoms with Gasteiger partial charge in [0.05, 0.1) is 0 Å². The summed E-state index contributed by atoms with van der Waals surface area (Å²) in [6, 6.07) is 8.38. The summed E-state index contributed by atoms with van der Waals surface area (Å²) in [7, 11) is -8.75. The Morgan fingerprint density at radius 2 is 1.29 bits per heavy atom. The van der Waals surface area contributed by atoms with Crippen molar-refractivity contribution >= 4 is 14.0 Å². The first kappa shape index (κ1) is 15.9. The summed E-state index contributed by atoms with van der Waals surface area (Å²) in [5, 5.41) is 0. The zero-order valence-electron chi connectivity index (χ0n) is 9.10. The molecule has 0 aliphatic rings. The van der Waals surface area contributed by atoms with Gasteiger partial charge in [-0.15, -0.1) is 0 Å². The van der Waals surface area contributed by atoms with Crippen LogP contribution in [0.1, 0.15) is 11.1 Å². The van der Waals surface area contributed by atoms with Crippen molar-refractivity contribution in [1.82, 2.24) is 0 Å². The van der Waals surface area contributed by atoms with E-state index in [1.54, 1.807) is 0 Å². The normalized spacial score (nSPS) is 15.8. The van der Waals surface area contributed by atoms with Crippen LogP contribution in [0, 0.1) is 6.92 Å². The summed E-state index contributed by atoms with van der Waals surface area (Å²) in [5.41, 5.74) is 2.52. The Kier molecular flexibility index (Phi) is 4.01. The molecule has 1 aromatic rings. The maximum atomic E-state index is 9.87. The van der Waals surface area contributed by atoms with Crippen LogP contribution in [0.2, 0.25) is 0 Å². The van der Waals surface area contributed by atoms with Gasteiger partial charge in [-0.1, -0.05) is 17.7 Å². The second-order valence-corrected chi connectivity index (χ2v) is 5.22. The molecule has 17 heavy (non-hydrogen) atoms. The first-order valence-corrected chi connectivity index (χ1v) is 6.44. The van der Waals surface area contributed by atoms with Crippen LogP contribution >= 0.6 is 7.81 Å². The van der Waals surface area contributed by atoms with Crippen LogP contribution in [0.15, 0.2) is 24.3 Å². The number of halogens is 6. The molecular formula is C9H12F6NP. The Morgan fingerprint density at radius 1 is 0.941 bits per heavy atom. The number of aryl methyl sites for hydroxylation is 1. The van der Waals surface area contributed by atoms with Gasteiger partial charge in [-0.05, 0) is 19.1 Å². The molecule has 0 heterocycles. The quantitative estimate of drug-likeness (QED) is 0.459. The predicted molar refractivity (Wildman–Crippen MR) is 56.8 cm³/mol. The summed E-state index contributed by atoms with van der Waals surface area (Å²) >= 11 is 0. The number of nitrogens with one attached hydrogen (secondary N) is 1. The van der Waals surface area contributed by atoms with E-state index < -0.39 is 7.81 Å². The number of hydrogen-bond donors (Lipinski definition) is 1. The number of rotatable bonds is 1. The fourth-order valence-corrected chi connectivity index (χ4v) is 0.829. The van der Waals surface area contributed by atoms with E-state index in [-0.39, 0.29) is 0 Å². The van der Waals surface area contributed by atoms with E-state index in [1.807, 2.05) is 13.3 Å². The molecule has 0 amide bonds. The van der Waals surface area contributed by atoms with Gasteiger partial charge in [-0.25, -0.2) is 0 Å². The minimum absolute atomic E-state index is 1.22. The first-order valence-electron chi connectivity index (χ1n) is 4.41. The van der Waals surface area contributed by atoms with Crippen LogP contribution in [-0.2, 0) is 0 Å². The Bertz CT molecular complexity index is 379. The van der Waals surface area contributed by atoms with Crippen molar-refractivity contribution in [1.29, 1.82) is 0 Å². The van der Waals surface area contributed by atoms with Gasteiger partial charge in [0.2, 0.25) is 0 Å². The van der Waals surface area contributed by atoms with Gasteiger partial charge in [-0.3, -0.25) is 4.99 Å². The van der Waals surface area contributed by atoms with Gasteiger partial charge in [0.15, 0.2) is 6.21 Å². The van der Waals surface area contributed by atoms with Gasteiger partial charge >= 0.3 is 33.0 Å². The molecule has 0 fully saturated rings. The molecule has 0 atom stereocenters. The van der Waals surface area contributed by atoms with Gasteiger partial charge in [0, 0.05) is 5.56 Å². The molecule has 0 aliphatic heterocycles. The molecule has 1 N–H and O–H groups in total. The van der Waals surface area contributed by atoms with Crippen LogP contribution in [0.4, 0.5) is 25.2 Å². The Balaban J connectivity index is 0.000000325. The number of benzene rings is 1. The first-order chi connectivity index (χ1) is 7.28. The van der Waals surface area contributed by atoms with Crippen LogP contribution in [0.3, 0.4) is 0 Å². The van der Waals surface area contributed by atoms with Gasteiger partial charge in [0.1, 0.15) is 7.05 Å². The predicted octanol–water partition coefficient (Wildman–Crippen LogP) is 3.51. The van der Waals surface area contributed by atoms with Crippen molar-refractivity contribution in [2.24, 2.45) is 0 Å². The third-order valence-electron chi connectivity index (χ3n) is 1.39. The Morgan fingerprint density at radius 3 is 1.59 bits per heavy atom. The van der Waals surface area contributed by atoms with E-state index in [2.05, 4.69) is 36.2 Å². The van der Waals surface area contributed by atoms with Crippen molar-refractivity contribution in [2.75, 3.05) is 7.05 Å². The fraction of sp³-hybridized carbons (Fsp3) is 0.222. The molecule has 0 bridgehead atoms. The monoisotopic (exact) mass is 279 g/mol. The van der Waals surface area contributed by atoms with Crippen molar-refractivity contribution in [3.05, 3.63) is 35.4 Å². The summed E-state index contributed by atoms with van der Waals surface area (Å²) in [6.45, 7) is 2.09. The Labute approximate surface area is 94.4 Å². The third-order valence-corrected chi connectivity index (χ3v) is 1.39. The molecule has 0 aromatic heterocycles. The summed E-state index contributed by atoms with van der Waals surface area (Å²) in [4.78, 5) is 2.98. The maximum absolute atomic E-state index is 10.7. The molecule has 1 rings (SSSR count). The van der Waals surface area contributed by atoms with Gasteiger partial charge < -0.3 is 0 Å². The van der Waals surface area contributed by atoms with Crippen LogP contribution in [-0.4, -0.2) is 13.3 Å². The molecular weight excluding hydrogens is 267 g/mol. The standard InChI is InChI=1S/C9H11N.F6P/c1-8-3-5-9(6-4-8)7-10-2;1-7(2,3,4,5)6/h3-7H,1-2H3;/q;-1/p+1. The summed E-state index contributed by atoms with van der Waals surface area (Å²) < 4.78 is 59.2. The molecule has 0 saturated heterocycles. The second kappa shape index (κ2) is 4.29. The van der Waals surface area contributed by atoms with E-state index >= 15 is 0 Å². The van der Waals surface area contributed by atoms with Crippen molar-refractivity contribution in [3.8, 4) is 0 Å². The van der Waals surface area contributed by atoms with E-state index in [1.165, 1.54) is 11.1 Å². The molecule has 0 radical (unpaired) electrons. The average molecular weight is 279 g/mol. The van der Waals surface area contributed by atoms with Gasteiger partial charge in [-0.2, -0.15) is 0 Å². The molecule has 1 nitrogen and oxygen atoms in total. The van der Waals surface area contributed by atoms with Crippen LogP contribution in [0.5, 0.6) is 0 Å². The van der Waals surface area contributed by atoms with Gasteiger partial charge in [0.25, 0.3) is 0 Å². The molecule has 0 aliphatic carbocycles. The number of hydrogen-bond acceptors (Lipinski definition) is 0.